The minimum Gasteiger partial charge on any atom is -0.381 e. The number of nitrogens with zero attached hydrogens (tertiary/aromatic N) is 2. The number of likely N-dealkylation sites (tertiary alicyclic amines) is 1. The Bertz CT molecular complexity index is 452. The van der Waals surface area contributed by atoms with Gasteiger partial charge in [-0.2, -0.15) is 0 Å². The van der Waals surface area contributed by atoms with Crippen molar-refractivity contribution in [3.8, 4) is 0 Å². The van der Waals surface area contributed by atoms with Crippen LogP contribution in [0.5, 0.6) is 0 Å². The maximum Gasteiger partial charge on any atom is 0.220 e. The van der Waals surface area contributed by atoms with Crippen LogP contribution < -0.4 is 16.4 Å². The van der Waals surface area contributed by atoms with Gasteiger partial charge in [0, 0.05) is 38.8 Å². The molecule has 0 aromatic heterocycles. The Morgan fingerprint density at radius 1 is 1.14 bits per heavy atom. The van der Waals surface area contributed by atoms with Crippen molar-refractivity contribution in [2.75, 3.05) is 52.5 Å². The Morgan fingerprint density at radius 3 is 2.54 bits per heavy atom. The third-order valence-corrected chi connectivity index (χ3v) is 5.29. The second kappa shape index (κ2) is 15.3. The van der Waals surface area contributed by atoms with E-state index < -0.39 is 0 Å². The largest absolute Gasteiger partial charge is 0.381 e. The van der Waals surface area contributed by atoms with Crippen molar-refractivity contribution in [1.29, 1.82) is 0 Å². The Kier molecular flexibility index (Phi) is 13.9. The molecule has 1 amide bonds. The molecule has 7 nitrogen and oxygen atoms in total. The number of hydrogen-bond acceptors (Lipinski definition) is 4. The zero-order valence-electron chi connectivity index (χ0n) is 17.5. The molecule has 1 saturated heterocycles. The Morgan fingerprint density at radius 2 is 1.89 bits per heavy atom. The van der Waals surface area contributed by atoms with Crippen molar-refractivity contribution in [3.63, 3.8) is 0 Å². The third-order valence-electron chi connectivity index (χ3n) is 5.29. The molecule has 0 radical (unpaired) electrons. The minimum absolute atomic E-state index is 0. The first kappa shape index (κ1) is 25.4. The molecule has 0 spiro atoms. The maximum absolute atomic E-state index is 11.2. The van der Waals surface area contributed by atoms with E-state index in [9.17, 15) is 4.79 Å². The predicted octanol–water partition coefficient (Wildman–Crippen LogP) is 1.95. The lowest BCUT2D eigenvalue weighted by molar-refractivity contribution is -0.123. The number of nitrogens with one attached hydrogen (secondary N) is 2. The smallest absolute Gasteiger partial charge is 0.220 e. The molecule has 0 aromatic carbocycles. The summed E-state index contributed by atoms with van der Waals surface area (Å²) in [4.78, 5) is 18.3. The van der Waals surface area contributed by atoms with Crippen molar-refractivity contribution >= 4 is 35.8 Å². The number of primary amides is 1. The molecule has 0 aromatic rings. The molecule has 4 N–H and O–H groups in total. The molecule has 0 atom stereocenters. The topological polar surface area (TPSA) is 92.0 Å². The third kappa shape index (κ3) is 11.4. The predicted molar refractivity (Wildman–Crippen MR) is 125 cm³/mol. The van der Waals surface area contributed by atoms with E-state index in [2.05, 4.69) is 27.4 Å². The van der Waals surface area contributed by atoms with Crippen molar-refractivity contribution in [1.82, 2.24) is 15.5 Å². The van der Waals surface area contributed by atoms with Crippen molar-refractivity contribution in [2.45, 2.75) is 51.9 Å². The molecule has 2 fully saturated rings. The SMILES string of the molecule is CCNC(=NCCCOCC1CC1)NCCCCN1CCC(C(N)=O)CC1.I. The van der Waals surface area contributed by atoms with Gasteiger partial charge in [-0.15, -0.1) is 24.0 Å². The van der Waals surface area contributed by atoms with Gasteiger partial charge in [-0.1, -0.05) is 0 Å². The van der Waals surface area contributed by atoms with Crippen LogP contribution in [0.15, 0.2) is 4.99 Å². The van der Waals surface area contributed by atoms with Crippen LogP contribution in [0.1, 0.15) is 51.9 Å². The summed E-state index contributed by atoms with van der Waals surface area (Å²) in [5.74, 6) is 1.69. The lowest BCUT2D eigenvalue weighted by Crippen LogP contribution is -2.39. The van der Waals surface area contributed by atoms with Gasteiger partial charge in [0.1, 0.15) is 0 Å². The fourth-order valence-corrected chi connectivity index (χ4v) is 3.34. The van der Waals surface area contributed by atoms with Crippen LogP contribution in [0.4, 0.5) is 0 Å². The quantitative estimate of drug-likeness (QED) is 0.153. The highest BCUT2D eigenvalue weighted by atomic mass is 127. The molecule has 1 saturated carbocycles. The summed E-state index contributed by atoms with van der Waals surface area (Å²) < 4.78 is 5.65. The molecule has 164 valence electrons. The number of carbonyl (C=O) groups excluding carboxylic acids is 1. The summed E-state index contributed by atoms with van der Waals surface area (Å²) in [5.41, 5.74) is 5.39. The van der Waals surface area contributed by atoms with Crippen molar-refractivity contribution in [2.24, 2.45) is 22.6 Å². The fourth-order valence-electron chi connectivity index (χ4n) is 3.34. The highest BCUT2D eigenvalue weighted by Gasteiger charge is 2.22. The number of unbranched alkanes of at least 4 members (excludes halogenated alkanes) is 1. The molecule has 1 heterocycles. The first-order chi connectivity index (χ1) is 13.2. The Labute approximate surface area is 187 Å². The fraction of sp³-hybridized carbons (Fsp3) is 0.900. The van der Waals surface area contributed by atoms with E-state index in [1.54, 1.807) is 0 Å². The van der Waals surface area contributed by atoms with E-state index >= 15 is 0 Å². The van der Waals surface area contributed by atoms with Gasteiger partial charge >= 0.3 is 0 Å². The van der Waals surface area contributed by atoms with E-state index in [0.29, 0.717) is 0 Å². The summed E-state index contributed by atoms with van der Waals surface area (Å²) >= 11 is 0. The first-order valence-corrected chi connectivity index (χ1v) is 10.8. The van der Waals surface area contributed by atoms with Crippen LogP contribution in [0, 0.1) is 11.8 Å². The molecule has 0 unspecified atom stereocenters. The molecule has 1 aliphatic carbocycles. The maximum atomic E-state index is 11.2. The molecule has 28 heavy (non-hydrogen) atoms. The highest BCUT2D eigenvalue weighted by Crippen LogP contribution is 2.28. The standard InChI is InChI=1S/C20H39N5O2.HI/c1-2-22-20(24-11-5-15-27-16-17-6-7-17)23-10-3-4-12-25-13-8-18(9-14-25)19(21)26;/h17-18H,2-16H2,1H3,(H2,21,26)(H2,22,23,24);1H. The van der Waals surface area contributed by atoms with E-state index in [1.807, 2.05) is 0 Å². The molecule has 2 aliphatic rings. The van der Waals surface area contributed by atoms with Gasteiger partial charge < -0.3 is 26.0 Å². The number of hydrogen-bond donors (Lipinski definition) is 3. The lowest BCUT2D eigenvalue weighted by atomic mass is 9.96. The van der Waals surface area contributed by atoms with Gasteiger partial charge in [-0.3, -0.25) is 9.79 Å². The first-order valence-electron chi connectivity index (χ1n) is 10.8. The number of amides is 1. The summed E-state index contributed by atoms with van der Waals surface area (Å²) in [6.45, 7) is 9.52. The van der Waals surface area contributed by atoms with E-state index in [0.717, 1.165) is 96.5 Å². The van der Waals surface area contributed by atoms with Gasteiger partial charge in [0.15, 0.2) is 5.96 Å². The van der Waals surface area contributed by atoms with Gasteiger partial charge in [-0.25, -0.2) is 0 Å². The number of piperidine rings is 1. The summed E-state index contributed by atoms with van der Waals surface area (Å²) in [6, 6.07) is 0. The van der Waals surface area contributed by atoms with Gasteiger partial charge in [-0.05, 0) is 77.4 Å². The summed E-state index contributed by atoms with van der Waals surface area (Å²) in [6.07, 6.45) is 7.76. The number of carbonyl (C=O) groups is 1. The normalized spacial score (nSPS) is 18.5. The van der Waals surface area contributed by atoms with E-state index in [-0.39, 0.29) is 35.8 Å². The van der Waals surface area contributed by atoms with Gasteiger partial charge in [0.25, 0.3) is 0 Å². The highest BCUT2D eigenvalue weighted by molar-refractivity contribution is 14.0. The number of halogens is 1. The molecule has 8 heteroatoms. The zero-order valence-corrected chi connectivity index (χ0v) is 19.8. The van der Waals surface area contributed by atoms with Gasteiger partial charge in [0.05, 0.1) is 0 Å². The minimum atomic E-state index is -0.136. The number of aliphatic imine (C=N–C) groups is 1. The molecule has 2 rings (SSSR count). The lowest BCUT2D eigenvalue weighted by Gasteiger charge is -2.30. The molecular formula is C20H40IN5O2. The average molecular weight is 509 g/mol. The zero-order chi connectivity index (χ0) is 19.3. The van der Waals surface area contributed by atoms with Crippen molar-refractivity contribution in [3.05, 3.63) is 0 Å². The number of guanidine groups is 1. The number of nitrogens with two attached hydrogens (primary N) is 1. The second-order valence-corrected chi connectivity index (χ2v) is 7.78. The van der Waals surface area contributed by atoms with Gasteiger partial charge in [0.2, 0.25) is 5.91 Å². The Balaban J connectivity index is 0.00000392. The van der Waals surface area contributed by atoms with E-state index in [1.165, 1.54) is 12.8 Å². The van der Waals surface area contributed by atoms with Crippen LogP contribution in [-0.4, -0.2) is 69.2 Å². The number of ether oxygens (including phenoxy) is 1. The molecule has 1 aliphatic heterocycles. The second-order valence-electron chi connectivity index (χ2n) is 7.78. The average Bonchev–Trinajstić information content (AvgIpc) is 3.49. The molecular weight excluding hydrogens is 469 g/mol. The van der Waals surface area contributed by atoms with Crippen LogP contribution >= 0.6 is 24.0 Å². The monoisotopic (exact) mass is 509 g/mol. The van der Waals surface area contributed by atoms with Crippen LogP contribution in [0.2, 0.25) is 0 Å². The van der Waals surface area contributed by atoms with Crippen LogP contribution in [-0.2, 0) is 9.53 Å². The number of rotatable bonds is 13. The summed E-state index contributed by atoms with van der Waals surface area (Å²) in [5, 5.41) is 6.72. The Hall–Kier alpha value is -0.610. The van der Waals surface area contributed by atoms with Crippen LogP contribution in [0.25, 0.3) is 0 Å². The van der Waals surface area contributed by atoms with Crippen molar-refractivity contribution < 1.29 is 9.53 Å². The van der Waals surface area contributed by atoms with E-state index in [4.69, 9.17) is 10.5 Å². The summed E-state index contributed by atoms with van der Waals surface area (Å²) in [7, 11) is 0. The van der Waals surface area contributed by atoms with Crippen LogP contribution in [0.3, 0.4) is 0 Å². The molecule has 0 bridgehead atoms.